The SMILES string of the molecule is COc1ccc(CN(C)C(=O)C2NCCC2C)cc1. The number of amides is 1. The molecule has 2 unspecified atom stereocenters. The quantitative estimate of drug-likeness (QED) is 0.897. The second-order valence-electron chi connectivity index (χ2n) is 5.24. The number of carbonyl (C=O) groups is 1. The van der Waals surface area contributed by atoms with Gasteiger partial charge in [0.05, 0.1) is 13.2 Å². The lowest BCUT2D eigenvalue weighted by Gasteiger charge is -2.23. The molecule has 0 radical (unpaired) electrons. The molecule has 2 atom stereocenters. The molecule has 1 amide bonds. The van der Waals surface area contributed by atoms with E-state index >= 15 is 0 Å². The lowest BCUT2D eigenvalue weighted by molar-refractivity contribution is -0.133. The van der Waals surface area contributed by atoms with Crippen LogP contribution in [0.25, 0.3) is 0 Å². The molecule has 104 valence electrons. The van der Waals surface area contributed by atoms with Gasteiger partial charge in [-0.15, -0.1) is 0 Å². The number of rotatable bonds is 4. The summed E-state index contributed by atoms with van der Waals surface area (Å²) in [5.41, 5.74) is 1.11. The highest BCUT2D eigenvalue weighted by Gasteiger charge is 2.31. The third-order valence-electron chi connectivity index (χ3n) is 3.75. The fourth-order valence-corrected chi connectivity index (χ4v) is 2.49. The minimum Gasteiger partial charge on any atom is -0.497 e. The Balaban J connectivity index is 1.95. The molecular formula is C15H22N2O2. The largest absolute Gasteiger partial charge is 0.497 e. The smallest absolute Gasteiger partial charge is 0.240 e. The highest BCUT2D eigenvalue weighted by molar-refractivity contribution is 5.82. The summed E-state index contributed by atoms with van der Waals surface area (Å²) in [6, 6.07) is 7.81. The zero-order valence-electron chi connectivity index (χ0n) is 11.8. The Labute approximate surface area is 114 Å². The van der Waals surface area contributed by atoms with Crippen LogP contribution in [-0.2, 0) is 11.3 Å². The molecule has 0 aliphatic carbocycles. The molecule has 1 aliphatic rings. The minimum atomic E-state index is -0.0248. The van der Waals surface area contributed by atoms with Crippen LogP contribution in [0, 0.1) is 5.92 Å². The zero-order chi connectivity index (χ0) is 13.8. The van der Waals surface area contributed by atoms with Crippen LogP contribution >= 0.6 is 0 Å². The molecular weight excluding hydrogens is 240 g/mol. The number of likely N-dealkylation sites (N-methyl/N-ethyl adjacent to an activating group) is 1. The Hall–Kier alpha value is -1.55. The van der Waals surface area contributed by atoms with E-state index in [-0.39, 0.29) is 11.9 Å². The molecule has 1 fully saturated rings. The molecule has 1 aliphatic heterocycles. The molecule has 1 aromatic rings. The monoisotopic (exact) mass is 262 g/mol. The fourth-order valence-electron chi connectivity index (χ4n) is 2.49. The summed E-state index contributed by atoms with van der Waals surface area (Å²) in [6.45, 7) is 3.70. The lowest BCUT2D eigenvalue weighted by atomic mass is 10.0. The number of ether oxygens (including phenoxy) is 1. The number of hydrogen-bond donors (Lipinski definition) is 1. The average molecular weight is 262 g/mol. The average Bonchev–Trinajstić information content (AvgIpc) is 2.85. The van der Waals surface area contributed by atoms with Gasteiger partial charge in [-0.25, -0.2) is 0 Å². The maximum Gasteiger partial charge on any atom is 0.240 e. The zero-order valence-corrected chi connectivity index (χ0v) is 11.8. The summed E-state index contributed by atoms with van der Waals surface area (Å²) in [5, 5.41) is 3.28. The second kappa shape index (κ2) is 6.06. The van der Waals surface area contributed by atoms with E-state index in [2.05, 4.69) is 12.2 Å². The van der Waals surface area contributed by atoms with Crippen molar-refractivity contribution in [3.05, 3.63) is 29.8 Å². The summed E-state index contributed by atoms with van der Waals surface area (Å²) in [7, 11) is 3.51. The van der Waals surface area contributed by atoms with Crippen molar-refractivity contribution in [2.24, 2.45) is 5.92 Å². The molecule has 0 aromatic heterocycles. The number of hydrogen-bond acceptors (Lipinski definition) is 3. The lowest BCUT2D eigenvalue weighted by Crippen LogP contribution is -2.43. The van der Waals surface area contributed by atoms with Crippen LogP contribution in [0.3, 0.4) is 0 Å². The Morgan fingerprint density at radius 1 is 1.42 bits per heavy atom. The van der Waals surface area contributed by atoms with Crippen LogP contribution < -0.4 is 10.1 Å². The predicted molar refractivity (Wildman–Crippen MR) is 75.0 cm³/mol. The minimum absolute atomic E-state index is 0.0248. The van der Waals surface area contributed by atoms with Gasteiger partial charge in [-0.3, -0.25) is 4.79 Å². The third-order valence-corrected chi connectivity index (χ3v) is 3.75. The number of nitrogens with one attached hydrogen (secondary N) is 1. The van der Waals surface area contributed by atoms with Crippen LogP contribution in [0.4, 0.5) is 0 Å². The summed E-state index contributed by atoms with van der Waals surface area (Å²) in [4.78, 5) is 14.1. The van der Waals surface area contributed by atoms with Gasteiger partial charge in [-0.1, -0.05) is 19.1 Å². The van der Waals surface area contributed by atoms with Gasteiger partial charge in [0.25, 0.3) is 0 Å². The summed E-state index contributed by atoms with van der Waals surface area (Å²) < 4.78 is 5.13. The van der Waals surface area contributed by atoms with Crippen molar-refractivity contribution in [1.82, 2.24) is 10.2 Å². The van der Waals surface area contributed by atoms with Gasteiger partial charge in [0.15, 0.2) is 0 Å². The first-order chi connectivity index (χ1) is 9.11. The number of benzene rings is 1. The molecule has 1 heterocycles. The van der Waals surface area contributed by atoms with E-state index in [1.165, 1.54) is 0 Å². The molecule has 2 rings (SSSR count). The van der Waals surface area contributed by atoms with Gasteiger partial charge in [-0.05, 0) is 36.6 Å². The van der Waals surface area contributed by atoms with Crippen LogP contribution in [-0.4, -0.2) is 37.6 Å². The van der Waals surface area contributed by atoms with Crippen molar-refractivity contribution >= 4 is 5.91 Å². The Bertz CT molecular complexity index is 430. The van der Waals surface area contributed by atoms with E-state index in [9.17, 15) is 4.79 Å². The second-order valence-corrected chi connectivity index (χ2v) is 5.24. The van der Waals surface area contributed by atoms with E-state index in [0.29, 0.717) is 12.5 Å². The normalized spacial score (nSPS) is 22.3. The molecule has 1 N–H and O–H groups in total. The van der Waals surface area contributed by atoms with Crippen molar-refractivity contribution in [2.75, 3.05) is 20.7 Å². The van der Waals surface area contributed by atoms with E-state index in [4.69, 9.17) is 4.74 Å². The van der Waals surface area contributed by atoms with Gasteiger partial charge < -0.3 is 15.0 Å². The molecule has 1 aromatic carbocycles. The van der Waals surface area contributed by atoms with E-state index in [0.717, 1.165) is 24.3 Å². The summed E-state index contributed by atoms with van der Waals surface area (Å²) in [6.07, 6.45) is 1.08. The Morgan fingerprint density at radius 3 is 2.63 bits per heavy atom. The van der Waals surface area contributed by atoms with Crippen molar-refractivity contribution in [3.63, 3.8) is 0 Å². The number of methoxy groups -OCH3 is 1. The molecule has 0 spiro atoms. The molecule has 0 saturated carbocycles. The molecule has 4 nitrogen and oxygen atoms in total. The van der Waals surface area contributed by atoms with Gasteiger partial charge >= 0.3 is 0 Å². The first-order valence-electron chi connectivity index (χ1n) is 6.73. The number of carbonyl (C=O) groups excluding carboxylic acids is 1. The standard InChI is InChI=1S/C15H22N2O2/c1-11-8-9-16-14(11)15(18)17(2)10-12-4-6-13(19-3)7-5-12/h4-7,11,14,16H,8-10H2,1-3H3. The highest BCUT2D eigenvalue weighted by Crippen LogP contribution is 2.18. The Morgan fingerprint density at radius 2 is 2.11 bits per heavy atom. The first kappa shape index (κ1) is 13.9. The van der Waals surface area contributed by atoms with Crippen LogP contribution in [0.1, 0.15) is 18.9 Å². The first-order valence-corrected chi connectivity index (χ1v) is 6.73. The highest BCUT2D eigenvalue weighted by atomic mass is 16.5. The van der Waals surface area contributed by atoms with Gasteiger partial charge in [0.2, 0.25) is 5.91 Å². The molecule has 0 bridgehead atoms. The van der Waals surface area contributed by atoms with Gasteiger partial charge in [0, 0.05) is 13.6 Å². The van der Waals surface area contributed by atoms with Gasteiger partial charge in [-0.2, -0.15) is 0 Å². The topological polar surface area (TPSA) is 41.6 Å². The fraction of sp³-hybridized carbons (Fsp3) is 0.533. The predicted octanol–water partition coefficient (Wildman–Crippen LogP) is 1.65. The maximum atomic E-state index is 12.3. The van der Waals surface area contributed by atoms with Gasteiger partial charge in [0.1, 0.15) is 5.75 Å². The summed E-state index contributed by atoms with van der Waals surface area (Å²) >= 11 is 0. The van der Waals surface area contributed by atoms with Crippen LogP contribution in [0.15, 0.2) is 24.3 Å². The Kier molecular flexibility index (Phi) is 4.43. The summed E-state index contributed by atoms with van der Waals surface area (Å²) in [5.74, 6) is 1.44. The van der Waals surface area contributed by atoms with Crippen LogP contribution in [0.5, 0.6) is 5.75 Å². The third kappa shape index (κ3) is 3.26. The van der Waals surface area contributed by atoms with Crippen LogP contribution in [0.2, 0.25) is 0 Å². The molecule has 1 saturated heterocycles. The van der Waals surface area contributed by atoms with E-state index < -0.39 is 0 Å². The van der Waals surface area contributed by atoms with Crippen molar-refractivity contribution in [2.45, 2.75) is 25.9 Å². The van der Waals surface area contributed by atoms with Crippen molar-refractivity contribution in [1.29, 1.82) is 0 Å². The van der Waals surface area contributed by atoms with E-state index in [1.54, 1.807) is 12.0 Å². The molecule has 4 heteroatoms. The maximum absolute atomic E-state index is 12.3. The van der Waals surface area contributed by atoms with Crippen molar-refractivity contribution < 1.29 is 9.53 Å². The molecule has 19 heavy (non-hydrogen) atoms. The van der Waals surface area contributed by atoms with Crippen molar-refractivity contribution in [3.8, 4) is 5.75 Å². The number of nitrogens with zero attached hydrogens (tertiary/aromatic N) is 1. The van der Waals surface area contributed by atoms with E-state index in [1.807, 2.05) is 31.3 Å².